The second-order valence-corrected chi connectivity index (χ2v) is 33.1. The maximum atomic E-state index is 16.8. The number of nitrogens with one attached hydrogen (secondary N) is 9. The summed E-state index contributed by atoms with van der Waals surface area (Å²) in [6.45, 7) is 2.68. The van der Waals surface area contributed by atoms with E-state index in [9.17, 15) is 70.9 Å². The number of amides is 8. The van der Waals surface area contributed by atoms with Crippen LogP contribution in [0.3, 0.4) is 0 Å². The highest BCUT2D eigenvalue weighted by molar-refractivity contribution is 6.33. The van der Waals surface area contributed by atoms with E-state index < -0.39 is 254 Å². The third kappa shape index (κ3) is 20.6. The molecule has 674 valence electrons. The molecule has 0 aliphatic carbocycles. The highest BCUT2D eigenvalue weighted by Gasteiger charge is 2.50. The van der Waals surface area contributed by atoms with Gasteiger partial charge >= 0.3 is 0 Å². The molecule has 126 heavy (non-hydrogen) atoms. The van der Waals surface area contributed by atoms with Crippen LogP contribution in [0.25, 0.3) is 11.1 Å². The van der Waals surface area contributed by atoms with Crippen molar-refractivity contribution >= 4 is 70.5 Å². The molecule has 15 rings (SSSR count). The Labute approximate surface area is 731 Å². The molecule has 17 bridgehead atoms. The lowest BCUT2D eigenvalue weighted by atomic mass is 9.89. The Bertz CT molecular complexity index is 5220. The molecule has 2 fully saturated rings. The quantitative estimate of drug-likeness (QED) is 0.0456. The lowest BCUT2D eigenvalue weighted by Crippen LogP contribution is -2.65. The van der Waals surface area contributed by atoms with Crippen molar-refractivity contribution in [1.82, 2.24) is 52.8 Å². The number of aromatic hydroxyl groups is 4. The van der Waals surface area contributed by atoms with Crippen molar-refractivity contribution in [3.8, 4) is 80.1 Å². The van der Waals surface area contributed by atoms with E-state index in [0.717, 1.165) is 86.3 Å². The summed E-state index contributed by atoms with van der Waals surface area (Å²) in [5.74, 6) is -14.9. The van der Waals surface area contributed by atoms with Crippen LogP contribution in [0, 0.1) is 5.92 Å². The fourth-order valence-electron chi connectivity index (χ4n) is 15.8. The molecule has 0 radical (unpaired) electrons. The third-order valence-electron chi connectivity index (χ3n) is 22.5. The summed E-state index contributed by atoms with van der Waals surface area (Å²) in [6.07, 6.45) is -15.0. The summed E-state index contributed by atoms with van der Waals surface area (Å²) in [6, 6.07) is 6.58. The Hall–Kier alpha value is -11.4. The summed E-state index contributed by atoms with van der Waals surface area (Å²) >= 11 is 14.3. The monoisotopic (exact) mass is 1790 g/mol. The smallest absolute Gasteiger partial charge is 0.248 e. The first-order valence-electron chi connectivity index (χ1n) is 41.0. The first-order chi connectivity index (χ1) is 60.2. The van der Waals surface area contributed by atoms with Crippen LogP contribution in [0.15, 0.2) is 115 Å². The summed E-state index contributed by atoms with van der Waals surface area (Å²) in [5, 5.41) is 162. The van der Waals surface area contributed by atoms with E-state index >= 15 is 28.8 Å². The van der Waals surface area contributed by atoms with Crippen molar-refractivity contribution in [2.45, 2.75) is 181 Å². The molecule has 7 aromatic carbocycles. The number of likely N-dealkylation sites (N-methyl/N-ethyl adjacent to an activating group) is 1. The fraction of sp³-hybridized carbons (Fsp3) is 0.425. The predicted octanol–water partition coefficient (Wildman–Crippen LogP) is 3.69. The Morgan fingerprint density at radius 3 is 1.87 bits per heavy atom. The molecule has 8 amide bonds. The number of carbonyl (C=O) groups excluding carboxylic acids is 8. The Morgan fingerprint density at radius 1 is 0.548 bits per heavy atom. The number of phenols is 4. The van der Waals surface area contributed by atoms with E-state index in [4.69, 9.17) is 56.4 Å². The lowest BCUT2D eigenvalue weighted by Gasteiger charge is -2.42. The number of rotatable bonds is 21. The van der Waals surface area contributed by atoms with Gasteiger partial charge in [-0.3, -0.25) is 38.4 Å². The Morgan fingerprint density at radius 2 is 1.17 bits per heavy atom. The molecule has 37 nitrogen and oxygen atoms in total. The van der Waals surface area contributed by atoms with Crippen LogP contribution < -0.4 is 71.5 Å². The van der Waals surface area contributed by atoms with Crippen LogP contribution in [-0.2, 0) is 54.3 Å². The maximum absolute atomic E-state index is 16.8. The van der Waals surface area contributed by atoms with Crippen LogP contribution in [0.4, 0.5) is 0 Å². The molecular weight excluding hydrogens is 1690 g/mol. The summed E-state index contributed by atoms with van der Waals surface area (Å²) in [4.78, 5) is 127. The normalized spacial score (nSPS) is 26.1. The van der Waals surface area contributed by atoms with Gasteiger partial charge in [0.25, 0.3) is 0 Å². The van der Waals surface area contributed by atoms with Crippen molar-refractivity contribution in [3.63, 3.8) is 0 Å². The van der Waals surface area contributed by atoms with Gasteiger partial charge in [0.2, 0.25) is 65.6 Å². The van der Waals surface area contributed by atoms with Crippen LogP contribution >= 0.6 is 23.2 Å². The number of fused-ring (bicyclic) bond motifs is 14. The average Bonchev–Trinajstić information content (AvgIpc) is 0.867. The molecule has 2 saturated heterocycles. The zero-order valence-electron chi connectivity index (χ0n) is 68.8. The van der Waals surface area contributed by atoms with Crippen molar-refractivity contribution in [2.75, 3.05) is 47.4 Å². The highest BCUT2D eigenvalue weighted by Crippen LogP contribution is 2.51. The molecule has 0 saturated carbocycles. The molecule has 8 aliphatic rings. The fourth-order valence-corrected chi connectivity index (χ4v) is 16.2. The van der Waals surface area contributed by atoms with Crippen LogP contribution in [0.5, 0.6) is 69.0 Å². The van der Waals surface area contributed by atoms with E-state index in [-0.39, 0.29) is 59.1 Å². The minimum absolute atomic E-state index is 0.0778. The summed E-state index contributed by atoms with van der Waals surface area (Å²) < 4.78 is 44.9. The highest BCUT2D eigenvalue weighted by atomic mass is 35.5. The van der Waals surface area contributed by atoms with Crippen LogP contribution in [-0.4, -0.2) is 234 Å². The molecule has 0 aromatic heterocycles. The first-order valence-corrected chi connectivity index (χ1v) is 41.8. The molecule has 8 aliphatic heterocycles. The van der Waals surface area contributed by atoms with Crippen LogP contribution in [0.2, 0.25) is 10.0 Å². The number of halogens is 2. The van der Waals surface area contributed by atoms with Gasteiger partial charge in [0.15, 0.2) is 23.0 Å². The Kier molecular flexibility index (Phi) is 29.3. The van der Waals surface area contributed by atoms with Gasteiger partial charge in [-0.1, -0.05) is 99.5 Å². The summed E-state index contributed by atoms with van der Waals surface area (Å²) in [7, 11) is 4.98. The molecule has 0 spiro atoms. The SMILES string of the molecule is CN[C@@H]1C(=O)N[C@@H]2Cc3ccc(cc3)Oc3cc4cc(c3O[C@@H]3O[C@H](CO)[C@@H](O)[C@H](O)[C@H]3NC(=O)CCCCCCCC(C)C)Oc3ccc(cc3Cl)[C@@H](O)[C@@H]3NC(=O)[C@H](NC(=O)[C@@H]4NC(=O)[C@@H](NC2=O)c2cc(cc(O)c2Cl)Oc2cc1ccc2O)c1ccc(O)c(c1)-c1c(O[C@H]2O[C@H](CO)[C@@H](O)[C@H](O)[C@@H]2O)cc(O)cc1[C@@H](C(=O)NCCCN(C)C)NC3=O. The number of unbranched alkanes of at least 4 members (excludes halogenated alkanes) is 4. The Balaban J connectivity index is 1.04. The van der Waals surface area contributed by atoms with E-state index in [0.29, 0.717) is 37.3 Å². The second-order valence-electron chi connectivity index (χ2n) is 32.3. The van der Waals surface area contributed by atoms with Gasteiger partial charge in [-0.15, -0.1) is 0 Å². The minimum atomic E-state index is -2.40. The van der Waals surface area contributed by atoms with Crippen molar-refractivity contribution in [1.29, 1.82) is 0 Å². The number of carbonyl (C=O) groups is 8. The molecule has 18 atom stereocenters. The van der Waals surface area contributed by atoms with Gasteiger partial charge in [0.1, 0.15) is 137 Å². The summed E-state index contributed by atoms with van der Waals surface area (Å²) in [5.41, 5.74) is -2.44. The van der Waals surface area contributed by atoms with Gasteiger partial charge in [-0.25, -0.2) is 0 Å². The van der Waals surface area contributed by atoms with Crippen LogP contribution in [0.1, 0.15) is 140 Å². The standard InChI is InChI=1S/C87H100Cl2N10O27/c1-38(2)12-9-7-6-8-10-13-62(106)93-71-75(110)73(108)60(36-100)124-86(71)126-78-58-30-43-31-59(78)122-55-23-18-42(28-50(55)88)72(107)70-85(119)97-68(80(114)91-24-11-25-99(4)5)48-32-44(102)33-57(123-87-77(112)76(111)74(109)61(37-101)125-87)63(48)47-27-40(16-21-52(47)103)66(82(116)98-70)94-83(117)67(43)95-84(118)69-49-34-46(35-54(105)64(49)89)121-56-29-41(17-22-53(56)104)65(90-3)81(115)92-51(79(113)96-69)26-39-14-19-45(120-58)20-15-39/h14-23,27-35,38,51,60-61,65-77,86-87,90,100-105,107-112H,6-13,24-26,36-37H2,1-5H3,(H,91,114)(H,92,115)(H,93,106)(H,94,117)(H,95,118)(H,96,113)(H,97,119)(H,98,116)/t51-,60-,61-,65+,66-,67-,68+,69+,70+,71-,72-,73-,74-,75-,76+,77+,86+,87+/m1/s1. The molecule has 8 heterocycles. The molecule has 0 unspecified atom stereocenters. The zero-order chi connectivity index (χ0) is 90.4. The number of hydrogen-bond acceptors (Lipinski definition) is 29. The van der Waals surface area contributed by atoms with Gasteiger partial charge in [-0.05, 0) is 153 Å². The lowest BCUT2D eigenvalue weighted by molar-refractivity contribution is -0.277. The van der Waals surface area contributed by atoms with Crippen molar-refractivity contribution in [3.05, 3.63) is 164 Å². The number of benzene rings is 7. The molecule has 39 heteroatoms. The first kappa shape index (κ1) is 92.3. The van der Waals surface area contributed by atoms with Gasteiger partial charge in [0.05, 0.1) is 23.3 Å². The number of hydrogen-bond donors (Lipinski definition) is 21. The molecular formula is C87H100Cl2N10O27. The maximum Gasteiger partial charge on any atom is 0.248 e. The topological polar surface area (TPSA) is 555 Å². The number of phenolic OH excluding ortho intramolecular Hbond substituents is 4. The average molecular weight is 1790 g/mol. The number of ether oxygens (including phenoxy) is 7. The van der Waals surface area contributed by atoms with Gasteiger partial charge in [0, 0.05) is 48.2 Å². The number of aliphatic hydroxyl groups is 8. The predicted molar refractivity (Wildman–Crippen MR) is 447 cm³/mol. The zero-order valence-corrected chi connectivity index (χ0v) is 70.3. The van der Waals surface area contributed by atoms with Gasteiger partial charge < -0.3 is 147 Å². The van der Waals surface area contributed by atoms with Gasteiger partial charge in [-0.2, -0.15) is 0 Å². The largest absolute Gasteiger partial charge is 0.508 e. The van der Waals surface area contributed by atoms with Crippen molar-refractivity contribution in [2.24, 2.45) is 5.92 Å². The minimum Gasteiger partial charge on any atom is -0.508 e. The molecule has 7 aromatic rings. The van der Waals surface area contributed by atoms with E-state index in [2.05, 4.69) is 61.7 Å². The molecule has 21 N–H and O–H groups in total. The number of nitrogens with zero attached hydrogens (tertiary/aromatic N) is 1. The third-order valence-corrected chi connectivity index (χ3v) is 23.2. The van der Waals surface area contributed by atoms with E-state index in [1.807, 2.05) is 4.90 Å². The van der Waals surface area contributed by atoms with Crippen molar-refractivity contribution < 1.29 is 133 Å². The van der Waals surface area contributed by atoms with E-state index in [1.165, 1.54) is 61.6 Å². The number of aliphatic hydroxyl groups excluding tert-OH is 8. The van der Waals surface area contributed by atoms with E-state index in [1.54, 1.807) is 14.1 Å². The second kappa shape index (κ2) is 40.1.